The van der Waals surface area contributed by atoms with Gasteiger partial charge in [-0.25, -0.2) is 0 Å². The van der Waals surface area contributed by atoms with Crippen LogP contribution in [0.15, 0.2) is 18.2 Å². The molecule has 1 aliphatic rings. The topological polar surface area (TPSA) is 12.0 Å². The molecular weight excluding hydrogens is 266 g/mol. The molecule has 1 atom stereocenters. The van der Waals surface area contributed by atoms with E-state index < -0.39 is 0 Å². The maximum atomic E-state index is 6.27. The molecule has 0 heterocycles. The monoisotopic (exact) mass is 293 g/mol. The maximum Gasteiger partial charge on any atom is 0.0411 e. The standard InChI is InChI=1S/C18H28ClN/c1-3-10-20-18(15-8-6-4-5-7-9-15)16-11-14(2)12-17(19)13-16/h11-13,15,18,20H,3-10H2,1-2H3. The van der Waals surface area contributed by atoms with Crippen molar-refractivity contribution in [3.63, 3.8) is 0 Å². The van der Waals surface area contributed by atoms with E-state index in [2.05, 4.69) is 37.4 Å². The van der Waals surface area contributed by atoms with Gasteiger partial charge in [-0.3, -0.25) is 0 Å². The molecule has 20 heavy (non-hydrogen) atoms. The van der Waals surface area contributed by atoms with Crippen molar-refractivity contribution in [2.24, 2.45) is 5.92 Å². The minimum absolute atomic E-state index is 0.477. The van der Waals surface area contributed by atoms with Gasteiger partial charge in [0.1, 0.15) is 0 Å². The summed E-state index contributed by atoms with van der Waals surface area (Å²) in [7, 11) is 0. The van der Waals surface area contributed by atoms with Gasteiger partial charge in [-0.2, -0.15) is 0 Å². The summed E-state index contributed by atoms with van der Waals surface area (Å²) in [5, 5.41) is 4.65. The Balaban J connectivity index is 2.20. The van der Waals surface area contributed by atoms with Crippen molar-refractivity contribution in [1.29, 1.82) is 0 Å². The van der Waals surface area contributed by atoms with Gasteiger partial charge in [0.05, 0.1) is 0 Å². The molecule has 0 spiro atoms. The van der Waals surface area contributed by atoms with E-state index in [1.54, 1.807) is 0 Å². The Hall–Kier alpha value is -0.530. The van der Waals surface area contributed by atoms with Crippen molar-refractivity contribution in [2.75, 3.05) is 6.54 Å². The van der Waals surface area contributed by atoms with E-state index in [0.717, 1.165) is 17.5 Å². The fourth-order valence-corrected chi connectivity index (χ4v) is 3.74. The van der Waals surface area contributed by atoms with Crippen LogP contribution in [0.5, 0.6) is 0 Å². The Morgan fingerprint density at radius 1 is 1.15 bits per heavy atom. The fourth-order valence-electron chi connectivity index (χ4n) is 3.44. The number of halogens is 1. The van der Waals surface area contributed by atoms with Crippen molar-refractivity contribution in [2.45, 2.75) is 64.8 Å². The third kappa shape index (κ3) is 4.49. The molecule has 0 radical (unpaired) electrons. The Kier molecular flexibility index (Phi) is 6.38. The number of hydrogen-bond acceptors (Lipinski definition) is 1. The molecule has 0 saturated heterocycles. The predicted molar refractivity (Wildman–Crippen MR) is 88.4 cm³/mol. The van der Waals surface area contributed by atoms with E-state index in [9.17, 15) is 0 Å². The van der Waals surface area contributed by atoms with Crippen LogP contribution in [0.2, 0.25) is 5.02 Å². The lowest BCUT2D eigenvalue weighted by molar-refractivity contribution is 0.325. The minimum atomic E-state index is 0.477. The molecule has 1 N–H and O–H groups in total. The summed E-state index contributed by atoms with van der Waals surface area (Å²) in [4.78, 5) is 0. The fraction of sp³-hybridized carbons (Fsp3) is 0.667. The number of hydrogen-bond donors (Lipinski definition) is 1. The molecule has 1 nitrogen and oxygen atoms in total. The van der Waals surface area contributed by atoms with Gasteiger partial charge < -0.3 is 5.32 Å². The van der Waals surface area contributed by atoms with E-state index in [1.807, 2.05) is 0 Å². The number of aryl methyl sites for hydroxylation is 1. The number of benzene rings is 1. The van der Waals surface area contributed by atoms with Crippen LogP contribution >= 0.6 is 11.6 Å². The molecule has 0 amide bonds. The van der Waals surface area contributed by atoms with E-state index in [-0.39, 0.29) is 0 Å². The average Bonchev–Trinajstić information content (AvgIpc) is 2.67. The van der Waals surface area contributed by atoms with Gasteiger partial charge in [-0.1, -0.05) is 50.3 Å². The smallest absolute Gasteiger partial charge is 0.0411 e. The van der Waals surface area contributed by atoms with Crippen LogP contribution < -0.4 is 5.32 Å². The van der Waals surface area contributed by atoms with Crippen LogP contribution in [0, 0.1) is 12.8 Å². The SMILES string of the molecule is CCCNC(c1cc(C)cc(Cl)c1)C1CCCCCC1. The minimum Gasteiger partial charge on any atom is -0.310 e. The lowest BCUT2D eigenvalue weighted by atomic mass is 9.86. The Bertz CT molecular complexity index is 388. The second-order valence-electron chi connectivity index (χ2n) is 6.25. The summed E-state index contributed by atoms with van der Waals surface area (Å²) in [6.45, 7) is 5.46. The molecule has 2 rings (SSSR count). The first-order valence-corrected chi connectivity index (χ1v) is 8.59. The van der Waals surface area contributed by atoms with Gasteiger partial charge in [-0.15, -0.1) is 0 Å². The molecule has 2 heteroatoms. The van der Waals surface area contributed by atoms with Crippen LogP contribution in [0.3, 0.4) is 0 Å². The van der Waals surface area contributed by atoms with Crippen LogP contribution in [0.4, 0.5) is 0 Å². The largest absolute Gasteiger partial charge is 0.310 e. The summed E-state index contributed by atoms with van der Waals surface area (Å²) >= 11 is 6.27. The molecule has 1 saturated carbocycles. The molecule has 1 aliphatic carbocycles. The van der Waals surface area contributed by atoms with Gasteiger partial charge in [0.2, 0.25) is 0 Å². The highest BCUT2D eigenvalue weighted by atomic mass is 35.5. The molecule has 0 aliphatic heterocycles. The lowest BCUT2D eigenvalue weighted by Crippen LogP contribution is -2.29. The number of rotatable bonds is 5. The summed E-state index contributed by atoms with van der Waals surface area (Å²) < 4.78 is 0. The van der Waals surface area contributed by atoms with Gasteiger partial charge in [0.25, 0.3) is 0 Å². The summed E-state index contributed by atoms with van der Waals surface area (Å²) in [5.74, 6) is 0.766. The molecule has 1 unspecified atom stereocenters. The highest BCUT2D eigenvalue weighted by Crippen LogP contribution is 2.34. The Morgan fingerprint density at radius 3 is 2.45 bits per heavy atom. The lowest BCUT2D eigenvalue weighted by Gasteiger charge is -2.28. The third-order valence-electron chi connectivity index (χ3n) is 4.41. The predicted octanol–water partition coefficient (Wildman–Crippen LogP) is 5.66. The number of nitrogens with one attached hydrogen (secondary N) is 1. The highest BCUT2D eigenvalue weighted by molar-refractivity contribution is 6.30. The van der Waals surface area contributed by atoms with Crippen LogP contribution in [0.1, 0.15) is 69.0 Å². The van der Waals surface area contributed by atoms with Gasteiger partial charge >= 0.3 is 0 Å². The van der Waals surface area contributed by atoms with Crippen molar-refractivity contribution >= 4 is 11.6 Å². The first-order valence-electron chi connectivity index (χ1n) is 8.21. The molecule has 112 valence electrons. The van der Waals surface area contributed by atoms with Crippen LogP contribution in [-0.2, 0) is 0 Å². The zero-order chi connectivity index (χ0) is 14.4. The first-order chi connectivity index (χ1) is 9.70. The molecule has 0 aromatic heterocycles. The van der Waals surface area contributed by atoms with E-state index in [1.165, 1.54) is 56.1 Å². The van der Waals surface area contributed by atoms with Crippen molar-refractivity contribution in [1.82, 2.24) is 5.32 Å². The second kappa shape index (κ2) is 8.05. The van der Waals surface area contributed by atoms with Crippen molar-refractivity contribution in [3.8, 4) is 0 Å². The second-order valence-corrected chi connectivity index (χ2v) is 6.68. The summed E-state index contributed by atoms with van der Waals surface area (Å²) in [6, 6.07) is 7.00. The zero-order valence-corrected chi connectivity index (χ0v) is 13.7. The highest BCUT2D eigenvalue weighted by Gasteiger charge is 2.24. The quantitative estimate of drug-likeness (QED) is 0.691. The molecule has 0 bridgehead atoms. The van der Waals surface area contributed by atoms with E-state index in [4.69, 9.17) is 11.6 Å². The van der Waals surface area contributed by atoms with Gasteiger partial charge in [0, 0.05) is 11.1 Å². The van der Waals surface area contributed by atoms with Crippen LogP contribution in [0.25, 0.3) is 0 Å². The van der Waals surface area contributed by atoms with Crippen molar-refractivity contribution in [3.05, 3.63) is 34.3 Å². The first kappa shape index (κ1) is 15.9. The molecule has 1 aromatic rings. The van der Waals surface area contributed by atoms with Crippen molar-refractivity contribution < 1.29 is 0 Å². The Labute approximate surface area is 129 Å². The Morgan fingerprint density at radius 2 is 1.85 bits per heavy atom. The van der Waals surface area contributed by atoms with Crippen LogP contribution in [-0.4, -0.2) is 6.54 Å². The van der Waals surface area contributed by atoms with E-state index in [0.29, 0.717) is 6.04 Å². The maximum absolute atomic E-state index is 6.27. The van der Waals surface area contributed by atoms with E-state index >= 15 is 0 Å². The molecular formula is C18H28ClN. The summed E-state index contributed by atoms with van der Waals surface area (Å²) in [5.41, 5.74) is 2.65. The summed E-state index contributed by atoms with van der Waals surface area (Å²) in [6.07, 6.45) is 9.48. The average molecular weight is 294 g/mol. The van der Waals surface area contributed by atoms with Gasteiger partial charge in [-0.05, 0) is 61.9 Å². The van der Waals surface area contributed by atoms with Gasteiger partial charge in [0.15, 0.2) is 0 Å². The molecule has 1 aromatic carbocycles. The molecule has 1 fully saturated rings. The zero-order valence-electron chi connectivity index (χ0n) is 12.9. The third-order valence-corrected chi connectivity index (χ3v) is 4.63. The normalized spacial score (nSPS) is 18.8.